The second kappa shape index (κ2) is 6.06. The van der Waals surface area contributed by atoms with E-state index in [1.165, 1.54) is 17.4 Å². The molecule has 0 saturated heterocycles. The quantitative estimate of drug-likeness (QED) is 0.834. The van der Waals surface area contributed by atoms with Gasteiger partial charge in [-0.3, -0.25) is 9.52 Å². The molecule has 0 bridgehead atoms. The molecule has 2 heterocycles. The van der Waals surface area contributed by atoms with E-state index in [9.17, 15) is 13.2 Å². The van der Waals surface area contributed by atoms with Gasteiger partial charge >= 0.3 is 0 Å². The summed E-state index contributed by atoms with van der Waals surface area (Å²) in [6, 6.07) is 4.90. The largest absolute Gasteiger partial charge is 0.360 e. The number of aryl methyl sites for hydroxylation is 1. The highest BCUT2D eigenvalue weighted by Crippen LogP contribution is 2.09. The summed E-state index contributed by atoms with van der Waals surface area (Å²) in [4.78, 5) is 12.2. The van der Waals surface area contributed by atoms with Crippen LogP contribution in [0.15, 0.2) is 28.1 Å². The highest BCUT2D eigenvalue weighted by molar-refractivity contribution is 7.92. The zero-order chi connectivity index (χ0) is 14.6. The molecule has 2 rings (SSSR count). The molecule has 2 N–H and O–H groups in total. The number of amides is 1. The van der Waals surface area contributed by atoms with Gasteiger partial charge in [0, 0.05) is 12.6 Å². The molecule has 2 aromatic heterocycles. The third kappa shape index (κ3) is 4.07. The Hall–Kier alpha value is -1.87. The van der Waals surface area contributed by atoms with E-state index in [4.69, 9.17) is 4.52 Å². The summed E-state index contributed by atoms with van der Waals surface area (Å²) in [5.41, 5.74) is 0. The van der Waals surface area contributed by atoms with Crippen molar-refractivity contribution < 1.29 is 17.7 Å². The molecule has 0 aliphatic rings. The van der Waals surface area contributed by atoms with E-state index in [0.717, 1.165) is 0 Å². The number of nitrogens with zero attached hydrogens (tertiary/aromatic N) is 1. The van der Waals surface area contributed by atoms with Gasteiger partial charge in [-0.05, 0) is 18.4 Å². The van der Waals surface area contributed by atoms with Crippen molar-refractivity contribution in [1.29, 1.82) is 0 Å². The molecule has 1 amide bonds. The molecule has 0 fully saturated rings. The molecular weight excluding hydrogens is 302 g/mol. The van der Waals surface area contributed by atoms with Crippen LogP contribution in [0.2, 0.25) is 0 Å². The van der Waals surface area contributed by atoms with Crippen molar-refractivity contribution >= 4 is 33.1 Å². The molecule has 108 valence electrons. The van der Waals surface area contributed by atoms with Gasteiger partial charge in [0.05, 0.1) is 10.6 Å². The van der Waals surface area contributed by atoms with E-state index in [0.29, 0.717) is 10.6 Å². The number of sulfonamides is 1. The van der Waals surface area contributed by atoms with Gasteiger partial charge in [-0.25, -0.2) is 8.42 Å². The molecular formula is C11H13N3O4S2. The molecule has 20 heavy (non-hydrogen) atoms. The third-order valence-corrected chi connectivity index (χ3v) is 4.42. The average Bonchev–Trinajstić information content (AvgIpc) is 3.00. The van der Waals surface area contributed by atoms with Crippen molar-refractivity contribution in [1.82, 2.24) is 10.5 Å². The fraction of sp³-hybridized carbons (Fsp3) is 0.273. The molecule has 2 aromatic rings. The lowest BCUT2D eigenvalue weighted by atomic mass is 10.4. The van der Waals surface area contributed by atoms with Crippen molar-refractivity contribution in [3.8, 4) is 0 Å². The molecule has 7 nitrogen and oxygen atoms in total. The first-order chi connectivity index (χ1) is 9.46. The first-order valence-corrected chi connectivity index (χ1v) is 8.25. The normalized spacial score (nSPS) is 11.2. The molecule has 0 spiro atoms. The van der Waals surface area contributed by atoms with Gasteiger partial charge in [0.25, 0.3) is 5.91 Å². The second-order valence-electron chi connectivity index (χ2n) is 3.98. The number of hydrogen-bond acceptors (Lipinski definition) is 6. The molecule has 0 aliphatic carbocycles. The summed E-state index contributed by atoms with van der Waals surface area (Å²) in [7, 11) is -3.57. The van der Waals surface area contributed by atoms with Crippen molar-refractivity contribution in [3.63, 3.8) is 0 Å². The van der Waals surface area contributed by atoms with Crippen molar-refractivity contribution in [3.05, 3.63) is 34.2 Å². The summed E-state index contributed by atoms with van der Waals surface area (Å²) in [6.45, 7) is 1.68. The van der Waals surface area contributed by atoms with Gasteiger partial charge in [-0.1, -0.05) is 11.2 Å². The Morgan fingerprint density at radius 1 is 1.50 bits per heavy atom. The van der Waals surface area contributed by atoms with Gasteiger partial charge in [0.2, 0.25) is 10.0 Å². The van der Waals surface area contributed by atoms with Gasteiger partial charge in [0.1, 0.15) is 5.76 Å². The van der Waals surface area contributed by atoms with Crippen molar-refractivity contribution in [2.75, 3.05) is 17.0 Å². The van der Waals surface area contributed by atoms with Crippen molar-refractivity contribution in [2.24, 2.45) is 0 Å². The number of anilines is 1. The van der Waals surface area contributed by atoms with Gasteiger partial charge in [0.15, 0.2) is 5.82 Å². The van der Waals surface area contributed by atoms with E-state index in [1.54, 1.807) is 24.4 Å². The SMILES string of the molecule is Cc1cc(NS(=O)(=O)CCNC(=O)c2cccs2)no1. The van der Waals surface area contributed by atoms with Gasteiger partial charge in [-0.2, -0.15) is 0 Å². The lowest BCUT2D eigenvalue weighted by molar-refractivity contribution is 0.0960. The summed E-state index contributed by atoms with van der Waals surface area (Å²) in [6.07, 6.45) is 0. The lowest BCUT2D eigenvalue weighted by Gasteiger charge is -2.05. The Balaban J connectivity index is 1.82. The van der Waals surface area contributed by atoms with E-state index in [2.05, 4.69) is 15.2 Å². The molecule has 0 unspecified atom stereocenters. The molecule has 0 aromatic carbocycles. The molecule has 9 heteroatoms. The van der Waals surface area contributed by atoms with Crippen LogP contribution in [-0.2, 0) is 10.0 Å². The summed E-state index contributed by atoms with van der Waals surface area (Å²) in [5, 5.41) is 7.85. The predicted octanol–water partition coefficient (Wildman–Crippen LogP) is 1.22. The van der Waals surface area contributed by atoms with Crippen LogP contribution >= 0.6 is 11.3 Å². The van der Waals surface area contributed by atoms with Crippen LogP contribution < -0.4 is 10.0 Å². The Bertz CT molecular complexity index is 676. The number of carbonyl (C=O) groups excluding carboxylic acids is 1. The maximum absolute atomic E-state index is 11.7. The van der Waals surface area contributed by atoms with Crippen LogP contribution in [0.3, 0.4) is 0 Å². The average molecular weight is 315 g/mol. The van der Waals surface area contributed by atoms with Crippen LogP contribution in [0.5, 0.6) is 0 Å². The van der Waals surface area contributed by atoms with Crippen molar-refractivity contribution in [2.45, 2.75) is 6.92 Å². The topological polar surface area (TPSA) is 101 Å². The molecule has 0 saturated carbocycles. The predicted molar refractivity (Wildman–Crippen MR) is 75.3 cm³/mol. The molecule has 0 atom stereocenters. The highest BCUT2D eigenvalue weighted by atomic mass is 32.2. The van der Waals surface area contributed by atoms with Crippen LogP contribution in [0, 0.1) is 6.92 Å². The van der Waals surface area contributed by atoms with E-state index in [-0.39, 0.29) is 24.0 Å². The lowest BCUT2D eigenvalue weighted by Crippen LogP contribution is -2.30. The Morgan fingerprint density at radius 3 is 2.90 bits per heavy atom. The second-order valence-corrected chi connectivity index (χ2v) is 6.77. The summed E-state index contributed by atoms with van der Waals surface area (Å²) >= 11 is 1.29. The third-order valence-electron chi connectivity index (χ3n) is 2.29. The maximum Gasteiger partial charge on any atom is 0.261 e. The fourth-order valence-electron chi connectivity index (χ4n) is 1.42. The molecule has 0 aliphatic heterocycles. The number of nitrogens with one attached hydrogen (secondary N) is 2. The molecule has 0 radical (unpaired) electrons. The fourth-order valence-corrected chi connectivity index (χ4v) is 2.95. The van der Waals surface area contributed by atoms with Crippen LogP contribution in [0.1, 0.15) is 15.4 Å². The number of hydrogen-bond donors (Lipinski definition) is 2. The van der Waals surface area contributed by atoms with Gasteiger partial charge < -0.3 is 9.84 Å². The minimum absolute atomic E-state index is 0.0168. The van der Waals surface area contributed by atoms with Gasteiger partial charge in [-0.15, -0.1) is 11.3 Å². The zero-order valence-corrected chi connectivity index (χ0v) is 12.3. The van der Waals surface area contributed by atoms with Crippen LogP contribution in [0.25, 0.3) is 0 Å². The minimum Gasteiger partial charge on any atom is -0.360 e. The highest BCUT2D eigenvalue weighted by Gasteiger charge is 2.14. The smallest absolute Gasteiger partial charge is 0.261 e. The zero-order valence-electron chi connectivity index (χ0n) is 10.6. The van der Waals surface area contributed by atoms with E-state index in [1.807, 2.05) is 0 Å². The Kier molecular flexibility index (Phi) is 4.40. The Labute approximate surface area is 120 Å². The first kappa shape index (κ1) is 14.5. The number of aromatic nitrogens is 1. The maximum atomic E-state index is 11.7. The first-order valence-electron chi connectivity index (χ1n) is 5.72. The summed E-state index contributed by atoms with van der Waals surface area (Å²) in [5.74, 6) is 0.115. The number of thiophene rings is 1. The number of carbonyl (C=O) groups is 1. The standard InChI is InChI=1S/C11H13N3O4S2/c1-8-7-10(13-18-8)14-20(16,17)6-4-12-11(15)9-3-2-5-19-9/h2-3,5,7H,4,6H2,1H3,(H,12,15)(H,13,14). The Morgan fingerprint density at radius 2 is 2.30 bits per heavy atom. The number of rotatable bonds is 6. The van der Waals surface area contributed by atoms with Crippen LogP contribution in [-0.4, -0.2) is 31.8 Å². The van der Waals surface area contributed by atoms with Crippen LogP contribution in [0.4, 0.5) is 5.82 Å². The summed E-state index contributed by atoms with van der Waals surface area (Å²) < 4.78 is 30.5. The monoisotopic (exact) mass is 315 g/mol. The van der Waals surface area contributed by atoms with E-state index < -0.39 is 10.0 Å². The van der Waals surface area contributed by atoms with E-state index >= 15 is 0 Å². The minimum atomic E-state index is -3.57.